The van der Waals surface area contributed by atoms with Crippen LogP contribution in [-0.4, -0.2) is 35.6 Å². The smallest absolute Gasteiger partial charge is 0.263 e. The summed E-state index contributed by atoms with van der Waals surface area (Å²) in [5, 5.41) is 0. The van der Waals surface area contributed by atoms with Crippen LogP contribution < -0.4 is 5.56 Å². The summed E-state index contributed by atoms with van der Waals surface area (Å²) in [6.07, 6.45) is 1.71. The molecule has 0 saturated carbocycles. The first kappa shape index (κ1) is 20.6. The quantitative estimate of drug-likeness (QED) is 0.589. The van der Waals surface area contributed by atoms with E-state index in [1.54, 1.807) is 34.9 Å². The number of carbonyl (C=O) groups is 1. The Morgan fingerprint density at radius 3 is 2.31 bits per heavy atom. The van der Waals surface area contributed by atoms with E-state index in [1.165, 1.54) is 0 Å². The summed E-state index contributed by atoms with van der Waals surface area (Å²) in [6.45, 7) is 3.19. The molecule has 0 spiro atoms. The number of carbonyl (C=O) groups excluding carboxylic acids is 1. The number of rotatable bonds is 8. The van der Waals surface area contributed by atoms with Crippen LogP contribution in [-0.2, 0) is 11.3 Å². The Hall–Kier alpha value is -3.18. The van der Waals surface area contributed by atoms with E-state index in [0.29, 0.717) is 19.7 Å². The molecule has 2 aromatic carbocycles. The Morgan fingerprint density at radius 1 is 1.00 bits per heavy atom. The second kappa shape index (κ2) is 9.85. The van der Waals surface area contributed by atoms with Crippen molar-refractivity contribution in [2.75, 3.05) is 20.3 Å². The van der Waals surface area contributed by atoms with E-state index in [4.69, 9.17) is 4.74 Å². The minimum absolute atomic E-state index is 0.169. The van der Waals surface area contributed by atoms with Crippen LogP contribution in [0.4, 0.5) is 0 Å². The van der Waals surface area contributed by atoms with Crippen molar-refractivity contribution >= 4 is 5.91 Å². The molecule has 0 aliphatic carbocycles. The number of aromatic nitrogens is 1. The number of hydrogen-bond acceptors (Lipinski definition) is 3. The zero-order chi connectivity index (χ0) is 20.6. The lowest BCUT2D eigenvalue weighted by atomic mass is 10.1. The molecule has 3 rings (SSSR count). The number of benzene rings is 2. The highest BCUT2D eigenvalue weighted by Gasteiger charge is 2.25. The minimum Gasteiger partial charge on any atom is -0.383 e. The summed E-state index contributed by atoms with van der Waals surface area (Å²) in [6, 6.07) is 22.7. The van der Waals surface area contributed by atoms with E-state index >= 15 is 0 Å². The number of nitrogens with zero attached hydrogens (tertiary/aromatic N) is 2. The maximum Gasteiger partial charge on any atom is 0.263 e. The Labute approximate surface area is 171 Å². The molecule has 1 atom stereocenters. The van der Waals surface area contributed by atoms with Crippen molar-refractivity contribution in [2.45, 2.75) is 19.5 Å². The number of ether oxygens (including phenoxy) is 1. The SMILES string of the molecule is COCCN(C(=O)c1cccn(Cc2ccccc2)c1=O)C(C)c1ccccc1. The average Bonchev–Trinajstić information content (AvgIpc) is 2.76. The summed E-state index contributed by atoms with van der Waals surface area (Å²) in [4.78, 5) is 28.1. The van der Waals surface area contributed by atoms with Crippen molar-refractivity contribution in [1.82, 2.24) is 9.47 Å². The predicted molar refractivity (Wildman–Crippen MR) is 114 cm³/mol. The number of amides is 1. The first-order valence-electron chi connectivity index (χ1n) is 9.70. The molecule has 0 aliphatic rings. The zero-order valence-corrected chi connectivity index (χ0v) is 16.8. The molecule has 150 valence electrons. The van der Waals surface area contributed by atoms with Gasteiger partial charge in [-0.25, -0.2) is 0 Å². The Balaban J connectivity index is 1.91. The first-order chi connectivity index (χ1) is 14.1. The van der Waals surface area contributed by atoms with Gasteiger partial charge < -0.3 is 14.2 Å². The largest absolute Gasteiger partial charge is 0.383 e. The molecule has 0 saturated heterocycles. The van der Waals surface area contributed by atoms with Crippen molar-refractivity contribution in [3.05, 3.63) is 106 Å². The Bertz CT molecular complexity index is 984. The summed E-state index contributed by atoms with van der Waals surface area (Å²) in [7, 11) is 1.60. The van der Waals surface area contributed by atoms with Gasteiger partial charge in [-0.3, -0.25) is 9.59 Å². The fourth-order valence-corrected chi connectivity index (χ4v) is 3.33. The van der Waals surface area contributed by atoms with Crippen LogP contribution in [0.1, 0.15) is 34.5 Å². The summed E-state index contributed by atoms with van der Waals surface area (Å²) >= 11 is 0. The molecule has 0 fully saturated rings. The van der Waals surface area contributed by atoms with Gasteiger partial charge in [0.25, 0.3) is 11.5 Å². The number of hydrogen-bond donors (Lipinski definition) is 0. The van der Waals surface area contributed by atoms with Crippen molar-refractivity contribution in [3.8, 4) is 0 Å². The molecular formula is C24H26N2O3. The van der Waals surface area contributed by atoms with Gasteiger partial charge in [-0.05, 0) is 30.2 Å². The molecule has 1 heterocycles. The van der Waals surface area contributed by atoms with Crippen molar-refractivity contribution in [2.24, 2.45) is 0 Å². The molecule has 5 heteroatoms. The van der Waals surface area contributed by atoms with Crippen LogP contribution in [0.5, 0.6) is 0 Å². The highest BCUT2D eigenvalue weighted by Crippen LogP contribution is 2.21. The molecule has 1 amide bonds. The van der Waals surface area contributed by atoms with Gasteiger partial charge >= 0.3 is 0 Å². The lowest BCUT2D eigenvalue weighted by Crippen LogP contribution is -2.40. The van der Waals surface area contributed by atoms with Crippen molar-refractivity contribution in [3.63, 3.8) is 0 Å². The van der Waals surface area contributed by atoms with Crippen molar-refractivity contribution in [1.29, 1.82) is 0 Å². The highest BCUT2D eigenvalue weighted by atomic mass is 16.5. The predicted octanol–water partition coefficient (Wildman–Crippen LogP) is 3.75. The second-order valence-electron chi connectivity index (χ2n) is 6.92. The lowest BCUT2D eigenvalue weighted by Gasteiger charge is -2.29. The minimum atomic E-state index is -0.288. The average molecular weight is 390 g/mol. The molecule has 0 aliphatic heterocycles. The molecule has 0 radical (unpaired) electrons. The normalized spacial score (nSPS) is 11.8. The van der Waals surface area contributed by atoms with E-state index in [9.17, 15) is 9.59 Å². The fraction of sp³-hybridized carbons (Fsp3) is 0.250. The van der Waals surface area contributed by atoms with Gasteiger partial charge in [0, 0.05) is 19.9 Å². The molecule has 1 aromatic heterocycles. The van der Waals surface area contributed by atoms with E-state index in [1.807, 2.05) is 67.6 Å². The maximum absolute atomic E-state index is 13.3. The fourth-order valence-electron chi connectivity index (χ4n) is 3.33. The van der Waals surface area contributed by atoms with Crippen LogP contribution in [0.15, 0.2) is 83.8 Å². The van der Waals surface area contributed by atoms with Crippen LogP contribution in [0.2, 0.25) is 0 Å². The molecule has 1 unspecified atom stereocenters. The molecular weight excluding hydrogens is 364 g/mol. The van der Waals surface area contributed by atoms with Crippen molar-refractivity contribution < 1.29 is 9.53 Å². The van der Waals surface area contributed by atoms with Gasteiger partial charge in [-0.15, -0.1) is 0 Å². The summed E-state index contributed by atoms with van der Waals surface area (Å²) in [5.41, 5.74) is 1.90. The van der Waals surface area contributed by atoms with Crippen LogP contribution in [0, 0.1) is 0 Å². The van der Waals surface area contributed by atoms with E-state index in [0.717, 1.165) is 11.1 Å². The molecule has 5 nitrogen and oxygen atoms in total. The number of pyridine rings is 1. The third kappa shape index (κ3) is 5.00. The van der Waals surface area contributed by atoms with Crippen LogP contribution in [0.25, 0.3) is 0 Å². The van der Waals surface area contributed by atoms with Gasteiger partial charge in [0.05, 0.1) is 19.2 Å². The monoisotopic (exact) mass is 390 g/mol. The first-order valence-corrected chi connectivity index (χ1v) is 9.70. The van der Waals surface area contributed by atoms with Gasteiger partial charge in [0.15, 0.2) is 0 Å². The Kier molecular flexibility index (Phi) is 6.98. The van der Waals surface area contributed by atoms with E-state index in [2.05, 4.69) is 0 Å². The second-order valence-corrected chi connectivity index (χ2v) is 6.92. The Morgan fingerprint density at radius 2 is 1.66 bits per heavy atom. The van der Waals surface area contributed by atoms with Crippen LogP contribution in [0.3, 0.4) is 0 Å². The number of methoxy groups -OCH3 is 1. The standard InChI is InChI=1S/C24H26N2O3/c1-19(21-12-7-4-8-13-21)26(16-17-29-2)24(28)22-14-9-15-25(23(22)27)18-20-10-5-3-6-11-20/h3-15,19H,16-18H2,1-2H3. The van der Waals surface area contributed by atoms with Gasteiger partial charge in [-0.2, -0.15) is 0 Å². The molecule has 3 aromatic rings. The van der Waals surface area contributed by atoms with Gasteiger partial charge in [0.2, 0.25) is 0 Å². The van der Waals surface area contributed by atoms with Gasteiger partial charge in [-0.1, -0.05) is 60.7 Å². The maximum atomic E-state index is 13.3. The molecule has 0 N–H and O–H groups in total. The third-order valence-electron chi connectivity index (χ3n) is 4.99. The zero-order valence-electron chi connectivity index (χ0n) is 16.8. The summed E-state index contributed by atoms with van der Waals surface area (Å²) in [5.74, 6) is -0.286. The van der Waals surface area contributed by atoms with E-state index in [-0.39, 0.29) is 23.1 Å². The summed E-state index contributed by atoms with van der Waals surface area (Å²) < 4.78 is 6.77. The van der Waals surface area contributed by atoms with E-state index < -0.39 is 0 Å². The molecule has 0 bridgehead atoms. The van der Waals surface area contributed by atoms with Crippen LogP contribution >= 0.6 is 0 Å². The topological polar surface area (TPSA) is 51.5 Å². The molecule has 29 heavy (non-hydrogen) atoms. The highest BCUT2D eigenvalue weighted by molar-refractivity contribution is 5.94. The lowest BCUT2D eigenvalue weighted by molar-refractivity contribution is 0.0614. The van der Waals surface area contributed by atoms with Gasteiger partial charge in [0.1, 0.15) is 5.56 Å². The third-order valence-corrected chi connectivity index (χ3v) is 4.99.